The van der Waals surface area contributed by atoms with Gasteiger partial charge in [0.05, 0.1) is 5.56 Å². The van der Waals surface area contributed by atoms with Crippen LogP contribution < -0.4 is 5.32 Å². The molecule has 1 amide bonds. The van der Waals surface area contributed by atoms with E-state index in [-0.39, 0.29) is 10.6 Å². The largest absolute Gasteiger partial charge is 0.478 e. The second-order valence-corrected chi connectivity index (χ2v) is 7.58. The summed E-state index contributed by atoms with van der Waals surface area (Å²) in [7, 11) is 0. The van der Waals surface area contributed by atoms with Crippen molar-refractivity contribution >= 4 is 28.2 Å². The van der Waals surface area contributed by atoms with Crippen LogP contribution in [-0.4, -0.2) is 26.8 Å². The molecule has 1 aliphatic rings. The first-order valence-electron chi connectivity index (χ1n) is 8.47. The Labute approximate surface area is 157 Å². The van der Waals surface area contributed by atoms with Crippen molar-refractivity contribution < 1.29 is 27.9 Å². The molecule has 2 N–H and O–H groups in total. The topological polar surface area (TPSA) is 84.2 Å². The molecule has 2 aromatic heterocycles. The van der Waals surface area contributed by atoms with Gasteiger partial charge in [0.2, 0.25) is 5.91 Å². The first-order chi connectivity index (χ1) is 12.7. The zero-order valence-electron chi connectivity index (χ0n) is 14.5. The number of nitrogens with one attached hydrogen (secondary N) is 1. The van der Waals surface area contributed by atoms with E-state index in [1.54, 1.807) is 0 Å². The van der Waals surface area contributed by atoms with Crippen LogP contribution >= 0.6 is 11.3 Å². The minimum absolute atomic E-state index is 0.0920. The van der Waals surface area contributed by atoms with Crippen molar-refractivity contribution in [3.63, 3.8) is 0 Å². The van der Waals surface area contributed by atoms with Gasteiger partial charge in [-0.3, -0.25) is 9.48 Å². The van der Waals surface area contributed by atoms with Crippen LogP contribution in [-0.2, 0) is 30.4 Å². The van der Waals surface area contributed by atoms with Gasteiger partial charge in [-0.15, -0.1) is 11.3 Å². The zero-order chi connectivity index (χ0) is 19.8. The molecule has 0 bridgehead atoms. The maximum Gasteiger partial charge on any atom is 0.435 e. The van der Waals surface area contributed by atoms with Gasteiger partial charge < -0.3 is 10.4 Å². The Morgan fingerprint density at radius 2 is 2.19 bits per heavy atom. The molecule has 0 saturated heterocycles. The van der Waals surface area contributed by atoms with Crippen molar-refractivity contribution in [2.24, 2.45) is 5.92 Å². The molecule has 3 rings (SSSR count). The molecule has 1 unspecified atom stereocenters. The van der Waals surface area contributed by atoms with E-state index in [1.165, 1.54) is 11.3 Å². The Morgan fingerprint density at radius 3 is 2.78 bits per heavy atom. The average Bonchev–Trinajstić information content (AvgIpc) is 3.17. The molecule has 6 nitrogen and oxygen atoms in total. The summed E-state index contributed by atoms with van der Waals surface area (Å²) >= 11 is 1.24. The molecule has 1 aliphatic carbocycles. The summed E-state index contributed by atoms with van der Waals surface area (Å²) in [5, 5.41) is 15.6. The van der Waals surface area contributed by atoms with Crippen molar-refractivity contribution in [3.8, 4) is 0 Å². The summed E-state index contributed by atoms with van der Waals surface area (Å²) in [6.07, 6.45) is -0.187. The number of thiophene rings is 1. The summed E-state index contributed by atoms with van der Waals surface area (Å²) in [6, 6.07) is 0.782. The van der Waals surface area contributed by atoms with Gasteiger partial charge in [-0.25, -0.2) is 4.79 Å². The molecule has 27 heavy (non-hydrogen) atoms. The van der Waals surface area contributed by atoms with Gasteiger partial charge in [0.15, 0.2) is 5.69 Å². The molecule has 0 fully saturated rings. The van der Waals surface area contributed by atoms with E-state index in [0.29, 0.717) is 12.3 Å². The monoisotopic (exact) mass is 401 g/mol. The van der Waals surface area contributed by atoms with Crippen molar-refractivity contribution in [1.82, 2.24) is 9.78 Å². The molecule has 2 heterocycles. The van der Waals surface area contributed by atoms with E-state index < -0.39 is 30.3 Å². The number of carboxylic acid groups (broad SMARTS) is 1. The number of hydrogen-bond acceptors (Lipinski definition) is 4. The SMILES string of the molecule is CCC1CCc2c(sc(NC(=O)Cn3ccc(C(F)(F)F)n3)c2C(=O)O)C1. The molecule has 0 aromatic carbocycles. The fraction of sp³-hybridized carbons (Fsp3) is 0.471. The molecule has 146 valence electrons. The first-order valence-corrected chi connectivity index (χ1v) is 9.29. The van der Waals surface area contributed by atoms with Crippen LogP contribution in [0.3, 0.4) is 0 Å². The van der Waals surface area contributed by atoms with Crippen LogP contribution in [0.4, 0.5) is 18.2 Å². The Bertz CT molecular complexity index is 873. The number of rotatable bonds is 5. The maximum absolute atomic E-state index is 12.6. The number of hydrogen-bond donors (Lipinski definition) is 2. The molecule has 10 heteroatoms. The Balaban J connectivity index is 1.77. The van der Waals surface area contributed by atoms with Gasteiger partial charge in [-0.2, -0.15) is 18.3 Å². The predicted molar refractivity (Wildman–Crippen MR) is 92.9 cm³/mol. The number of carboxylic acids is 1. The highest BCUT2D eigenvalue weighted by Crippen LogP contribution is 2.40. The minimum Gasteiger partial charge on any atom is -0.478 e. The number of alkyl halides is 3. The number of anilines is 1. The average molecular weight is 401 g/mol. The van der Waals surface area contributed by atoms with E-state index in [4.69, 9.17) is 0 Å². The third kappa shape index (κ3) is 4.15. The van der Waals surface area contributed by atoms with Crippen LogP contribution in [0, 0.1) is 5.92 Å². The molecular formula is C17H18F3N3O3S. The summed E-state index contributed by atoms with van der Waals surface area (Å²) in [6.45, 7) is 1.65. The third-order valence-corrected chi connectivity index (χ3v) is 5.82. The number of amides is 1. The molecule has 0 radical (unpaired) electrons. The van der Waals surface area contributed by atoms with E-state index >= 15 is 0 Å². The normalized spacial score (nSPS) is 16.8. The van der Waals surface area contributed by atoms with E-state index in [0.717, 1.165) is 46.6 Å². The van der Waals surface area contributed by atoms with Crippen molar-refractivity contribution in [2.75, 3.05) is 5.32 Å². The molecule has 0 aliphatic heterocycles. The van der Waals surface area contributed by atoms with E-state index in [9.17, 15) is 27.9 Å². The second-order valence-electron chi connectivity index (χ2n) is 6.47. The lowest BCUT2D eigenvalue weighted by atomic mass is 9.86. The summed E-state index contributed by atoms with van der Waals surface area (Å²) in [5.74, 6) is -1.25. The number of aromatic nitrogens is 2. The summed E-state index contributed by atoms with van der Waals surface area (Å²) in [4.78, 5) is 24.8. The molecule has 1 atom stereocenters. The molecule has 0 saturated carbocycles. The van der Waals surface area contributed by atoms with Gasteiger partial charge in [-0.05, 0) is 36.8 Å². The number of halogens is 3. The van der Waals surface area contributed by atoms with Crippen molar-refractivity contribution in [2.45, 2.75) is 45.3 Å². The summed E-state index contributed by atoms with van der Waals surface area (Å²) in [5.41, 5.74) is -0.237. The standard InChI is InChI=1S/C17H18F3N3O3S/c1-2-9-3-4-10-11(7-9)27-15(14(10)16(25)26)21-13(24)8-23-6-5-12(22-23)17(18,19)20/h5-6,9H,2-4,7-8H2,1H3,(H,21,24)(H,25,26). The van der Waals surface area contributed by atoms with Gasteiger partial charge in [0, 0.05) is 11.1 Å². The van der Waals surface area contributed by atoms with Gasteiger partial charge >= 0.3 is 12.1 Å². The fourth-order valence-corrected chi connectivity index (χ4v) is 4.60. The van der Waals surface area contributed by atoms with Crippen LogP contribution in [0.15, 0.2) is 12.3 Å². The quantitative estimate of drug-likeness (QED) is 0.798. The van der Waals surface area contributed by atoms with Crippen LogP contribution in [0.25, 0.3) is 0 Å². The van der Waals surface area contributed by atoms with Crippen molar-refractivity contribution in [1.29, 1.82) is 0 Å². The Kier molecular flexibility index (Phi) is 5.27. The first kappa shape index (κ1) is 19.4. The lowest BCUT2D eigenvalue weighted by molar-refractivity contribution is -0.141. The highest BCUT2D eigenvalue weighted by molar-refractivity contribution is 7.17. The highest BCUT2D eigenvalue weighted by Gasteiger charge is 2.34. The van der Waals surface area contributed by atoms with Crippen LogP contribution in [0.5, 0.6) is 0 Å². The Hall–Kier alpha value is -2.36. The maximum atomic E-state index is 12.6. The predicted octanol–water partition coefficient (Wildman–Crippen LogP) is 3.82. The lowest BCUT2D eigenvalue weighted by Crippen LogP contribution is -2.20. The number of nitrogens with zero attached hydrogens (tertiary/aromatic N) is 2. The number of fused-ring (bicyclic) bond motifs is 1. The zero-order valence-corrected chi connectivity index (χ0v) is 15.3. The third-order valence-electron chi connectivity index (χ3n) is 4.65. The lowest BCUT2D eigenvalue weighted by Gasteiger charge is -2.20. The van der Waals surface area contributed by atoms with E-state index in [1.807, 2.05) is 0 Å². The Morgan fingerprint density at radius 1 is 1.44 bits per heavy atom. The number of carbonyl (C=O) groups excluding carboxylic acids is 1. The van der Waals surface area contributed by atoms with Crippen LogP contribution in [0.2, 0.25) is 0 Å². The van der Waals surface area contributed by atoms with Gasteiger partial charge in [0.25, 0.3) is 0 Å². The number of aromatic carboxylic acids is 1. The molecule has 2 aromatic rings. The molecular weight excluding hydrogens is 383 g/mol. The number of carbonyl (C=O) groups is 2. The van der Waals surface area contributed by atoms with Crippen LogP contribution in [0.1, 0.15) is 46.3 Å². The van der Waals surface area contributed by atoms with Gasteiger partial charge in [-0.1, -0.05) is 13.3 Å². The van der Waals surface area contributed by atoms with Crippen molar-refractivity contribution in [3.05, 3.63) is 34.0 Å². The highest BCUT2D eigenvalue weighted by atomic mass is 32.1. The molecule has 0 spiro atoms. The fourth-order valence-electron chi connectivity index (χ4n) is 3.23. The minimum atomic E-state index is -4.58. The van der Waals surface area contributed by atoms with E-state index in [2.05, 4.69) is 17.3 Å². The smallest absolute Gasteiger partial charge is 0.435 e. The van der Waals surface area contributed by atoms with Gasteiger partial charge in [0.1, 0.15) is 11.5 Å². The summed E-state index contributed by atoms with van der Waals surface area (Å²) < 4.78 is 38.6. The second kappa shape index (κ2) is 7.34.